The molecular formula is C40H50N8O6. The van der Waals surface area contributed by atoms with E-state index in [9.17, 15) is 24.3 Å². The summed E-state index contributed by atoms with van der Waals surface area (Å²) < 4.78 is 4.75. The van der Waals surface area contributed by atoms with Crippen molar-refractivity contribution < 1.29 is 29.0 Å². The first-order valence-corrected chi connectivity index (χ1v) is 18.6. The van der Waals surface area contributed by atoms with Crippen molar-refractivity contribution in [2.24, 2.45) is 11.8 Å². The molecule has 4 amide bonds. The fourth-order valence-electron chi connectivity index (χ4n) is 7.62. The van der Waals surface area contributed by atoms with Crippen molar-refractivity contribution >= 4 is 24.0 Å². The normalized spacial score (nSPS) is 18.2. The largest absolute Gasteiger partial charge is 0.465 e. The molecule has 2 aromatic heterocycles. The van der Waals surface area contributed by atoms with Gasteiger partial charge in [0.15, 0.2) is 0 Å². The molecule has 6 rings (SSSR count). The molecule has 2 aliphatic heterocycles. The number of methoxy groups -OCH3 is 1. The Morgan fingerprint density at radius 2 is 1.26 bits per heavy atom. The van der Waals surface area contributed by atoms with E-state index in [1.54, 1.807) is 22.2 Å². The minimum absolute atomic E-state index is 0.108. The molecule has 14 heteroatoms. The number of hydrogen-bond donors (Lipinski definition) is 5. The third kappa shape index (κ3) is 7.97. The smallest absolute Gasteiger partial charge is 0.407 e. The molecule has 54 heavy (non-hydrogen) atoms. The van der Waals surface area contributed by atoms with Gasteiger partial charge >= 0.3 is 12.2 Å². The van der Waals surface area contributed by atoms with Crippen LogP contribution in [-0.4, -0.2) is 91.1 Å². The molecule has 2 aliphatic rings. The Kier molecular flexibility index (Phi) is 11.4. The average molecular weight is 739 g/mol. The summed E-state index contributed by atoms with van der Waals surface area (Å²) in [7, 11) is 1.29. The summed E-state index contributed by atoms with van der Waals surface area (Å²) in [6.07, 6.45) is 4.94. The summed E-state index contributed by atoms with van der Waals surface area (Å²) in [5, 5.41) is 14.4. The van der Waals surface area contributed by atoms with Crippen LogP contribution in [0.1, 0.15) is 82.7 Å². The van der Waals surface area contributed by atoms with E-state index >= 15 is 0 Å². The maximum absolute atomic E-state index is 13.5. The molecule has 4 heterocycles. The number of imidazole rings is 2. The van der Waals surface area contributed by atoms with Gasteiger partial charge in [0, 0.05) is 18.7 Å². The number of ether oxygens (including phenoxy) is 1. The number of carbonyl (C=O) groups is 4. The van der Waals surface area contributed by atoms with E-state index in [1.807, 2.05) is 39.8 Å². The highest BCUT2D eigenvalue weighted by molar-refractivity contribution is 5.87. The monoisotopic (exact) mass is 738 g/mol. The molecule has 0 saturated carbocycles. The molecule has 0 spiro atoms. The maximum Gasteiger partial charge on any atom is 0.407 e. The third-order valence-electron chi connectivity index (χ3n) is 10.5. The van der Waals surface area contributed by atoms with Crippen molar-refractivity contribution in [1.29, 1.82) is 0 Å². The van der Waals surface area contributed by atoms with Crippen LogP contribution in [-0.2, 0) is 14.3 Å². The van der Waals surface area contributed by atoms with Gasteiger partial charge in [-0.25, -0.2) is 19.6 Å². The number of carbonyl (C=O) groups excluding carboxylic acids is 3. The van der Waals surface area contributed by atoms with Gasteiger partial charge in [0.25, 0.3) is 0 Å². The zero-order valence-corrected chi connectivity index (χ0v) is 31.7. The number of amides is 4. The first kappa shape index (κ1) is 38.1. The number of aromatic amines is 2. The van der Waals surface area contributed by atoms with E-state index in [1.165, 1.54) is 7.11 Å². The van der Waals surface area contributed by atoms with Crippen LogP contribution in [0.15, 0.2) is 54.9 Å². The van der Waals surface area contributed by atoms with Gasteiger partial charge in [-0.05, 0) is 66.7 Å². The van der Waals surface area contributed by atoms with Gasteiger partial charge in [-0.3, -0.25) is 9.59 Å². The van der Waals surface area contributed by atoms with Gasteiger partial charge in [0.2, 0.25) is 11.8 Å². The van der Waals surface area contributed by atoms with Gasteiger partial charge in [-0.1, -0.05) is 70.2 Å². The lowest BCUT2D eigenvalue weighted by molar-refractivity contribution is -0.136. The summed E-state index contributed by atoms with van der Waals surface area (Å²) in [5.74, 6) is 0.739. The highest BCUT2D eigenvalue weighted by Gasteiger charge is 2.39. The molecule has 0 unspecified atom stereocenters. The Bertz CT molecular complexity index is 1990. The highest BCUT2D eigenvalue weighted by Crippen LogP contribution is 2.36. The predicted octanol–water partition coefficient (Wildman–Crippen LogP) is 6.44. The summed E-state index contributed by atoms with van der Waals surface area (Å²) in [4.78, 5) is 70.0. The van der Waals surface area contributed by atoms with Crippen molar-refractivity contribution in [3.05, 3.63) is 72.1 Å². The molecule has 14 nitrogen and oxygen atoms in total. The number of aryl methyl sites for hydroxylation is 1. The summed E-state index contributed by atoms with van der Waals surface area (Å²) in [5.41, 5.74) is 6.85. The van der Waals surface area contributed by atoms with E-state index in [4.69, 9.17) is 4.74 Å². The predicted molar refractivity (Wildman–Crippen MR) is 203 cm³/mol. The quantitative estimate of drug-likeness (QED) is 0.116. The second-order valence-electron chi connectivity index (χ2n) is 14.9. The molecule has 2 aromatic carbocycles. The van der Waals surface area contributed by atoms with E-state index in [0.717, 1.165) is 70.7 Å². The zero-order valence-electron chi connectivity index (χ0n) is 31.7. The first-order chi connectivity index (χ1) is 25.9. The lowest BCUT2D eigenvalue weighted by Crippen LogP contribution is -2.51. The Labute approximate surface area is 315 Å². The average Bonchev–Trinajstić information content (AvgIpc) is 3.98. The van der Waals surface area contributed by atoms with Crippen molar-refractivity contribution in [2.75, 3.05) is 20.2 Å². The van der Waals surface area contributed by atoms with E-state index < -0.39 is 24.3 Å². The van der Waals surface area contributed by atoms with Gasteiger partial charge in [-0.15, -0.1) is 0 Å². The van der Waals surface area contributed by atoms with Gasteiger partial charge in [-0.2, -0.15) is 0 Å². The number of nitrogens with one attached hydrogen (secondary N) is 4. The molecule has 0 aliphatic carbocycles. The Morgan fingerprint density at radius 1 is 0.759 bits per heavy atom. The summed E-state index contributed by atoms with van der Waals surface area (Å²) in [6, 6.07) is 12.6. The van der Waals surface area contributed by atoms with E-state index in [0.29, 0.717) is 18.9 Å². The van der Waals surface area contributed by atoms with Gasteiger partial charge in [0.05, 0.1) is 43.0 Å². The van der Waals surface area contributed by atoms with Crippen LogP contribution in [0.25, 0.3) is 33.6 Å². The number of rotatable bonds is 11. The SMILES string of the molecule is COC(=O)N[C@H](C(=O)N1CCC[C@H]1c1ncc(-c2ccc(-c3ccc(-c4cnc([C@@H]5CCCN5C(=O)[C@@H](NC(=O)O)C(C)C)[nH]4)c(C)c3)cc2)[nH]1)C(C)C. The van der Waals surface area contributed by atoms with Crippen LogP contribution in [0.4, 0.5) is 9.59 Å². The van der Waals surface area contributed by atoms with Crippen LogP contribution >= 0.6 is 0 Å². The molecule has 4 aromatic rings. The van der Waals surface area contributed by atoms with E-state index in [2.05, 4.69) is 67.8 Å². The van der Waals surface area contributed by atoms with Gasteiger partial charge < -0.3 is 40.2 Å². The molecule has 0 radical (unpaired) electrons. The fraction of sp³-hybridized carbons (Fsp3) is 0.450. The van der Waals surface area contributed by atoms with Crippen LogP contribution in [0.3, 0.4) is 0 Å². The minimum atomic E-state index is -1.21. The van der Waals surface area contributed by atoms with Crippen LogP contribution in [0.2, 0.25) is 0 Å². The standard InChI is InChI=1S/C40H50N8O6/c1-22(2)33(45-39(51)52)37(49)47-17-8-10-32(47)36-42-21-30(44-36)28-16-15-27(19-24(28)5)25-11-13-26(14-12-25)29-20-41-35(43-29)31-9-7-18-48(31)38(50)34(23(3)4)46-40(53)54-6/h11-16,19-23,31-34,45H,7-10,17-18H2,1-6H3,(H,41,43)(H,42,44)(H,46,53)(H,51,52)/t31-,32-,33-,34-/m0/s1. The Hall–Kier alpha value is -5.66. The minimum Gasteiger partial charge on any atom is -0.465 e. The molecule has 286 valence electrons. The number of hydrogen-bond acceptors (Lipinski definition) is 7. The van der Waals surface area contributed by atoms with Crippen molar-refractivity contribution in [1.82, 2.24) is 40.4 Å². The second-order valence-corrected chi connectivity index (χ2v) is 14.9. The van der Waals surface area contributed by atoms with Crippen molar-refractivity contribution in [3.8, 4) is 33.6 Å². The van der Waals surface area contributed by atoms with Crippen molar-refractivity contribution in [2.45, 2.75) is 84.5 Å². The zero-order chi connectivity index (χ0) is 38.7. The van der Waals surface area contributed by atoms with Crippen LogP contribution in [0.5, 0.6) is 0 Å². The number of carboxylic acid groups (broad SMARTS) is 1. The Balaban J connectivity index is 1.13. The Morgan fingerprint density at radius 3 is 1.78 bits per heavy atom. The van der Waals surface area contributed by atoms with Gasteiger partial charge in [0.1, 0.15) is 23.7 Å². The fourth-order valence-corrected chi connectivity index (χ4v) is 7.62. The van der Waals surface area contributed by atoms with E-state index in [-0.39, 0.29) is 35.7 Å². The number of nitrogens with zero attached hydrogens (tertiary/aromatic N) is 4. The third-order valence-corrected chi connectivity index (χ3v) is 10.5. The highest BCUT2D eigenvalue weighted by atomic mass is 16.5. The lowest BCUT2D eigenvalue weighted by Gasteiger charge is -2.30. The molecule has 5 N–H and O–H groups in total. The van der Waals surface area contributed by atoms with Crippen LogP contribution < -0.4 is 10.6 Å². The number of aromatic nitrogens is 4. The molecule has 0 bridgehead atoms. The molecule has 2 saturated heterocycles. The second kappa shape index (κ2) is 16.1. The molecule has 4 atom stereocenters. The lowest BCUT2D eigenvalue weighted by atomic mass is 9.97. The maximum atomic E-state index is 13.5. The topological polar surface area (TPSA) is 186 Å². The summed E-state index contributed by atoms with van der Waals surface area (Å²) >= 11 is 0. The molecular weight excluding hydrogens is 688 g/mol. The number of H-pyrrole nitrogens is 2. The van der Waals surface area contributed by atoms with Crippen LogP contribution in [0, 0.1) is 18.8 Å². The number of alkyl carbamates (subject to hydrolysis) is 1. The number of likely N-dealkylation sites (tertiary alicyclic amines) is 2. The first-order valence-electron chi connectivity index (χ1n) is 18.6. The van der Waals surface area contributed by atoms with Crippen molar-refractivity contribution in [3.63, 3.8) is 0 Å². The number of benzene rings is 2. The molecule has 2 fully saturated rings. The summed E-state index contributed by atoms with van der Waals surface area (Å²) in [6.45, 7) is 10.7.